The number of carbonyl (C=O) groups excluding carboxylic acids is 1. The summed E-state index contributed by atoms with van der Waals surface area (Å²) in [7, 11) is 0. The van der Waals surface area contributed by atoms with Crippen LogP contribution in [0.2, 0.25) is 0 Å². The molecule has 28 heavy (non-hydrogen) atoms. The lowest BCUT2D eigenvalue weighted by molar-refractivity contribution is -0.908. The number of aliphatic hydroxyl groups excluding tert-OH is 1. The molecule has 0 saturated carbocycles. The van der Waals surface area contributed by atoms with Crippen LogP contribution in [-0.2, 0) is 22.6 Å². The molecule has 2 aromatic rings. The maximum Gasteiger partial charge on any atom is 0.348 e. The third-order valence-corrected chi connectivity index (χ3v) is 6.26. The summed E-state index contributed by atoms with van der Waals surface area (Å²) in [6, 6.07) is 0. The van der Waals surface area contributed by atoms with Crippen LogP contribution in [0.15, 0.2) is 9.59 Å². The summed E-state index contributed by atoms with van der Waals surface area (Å²) in [5, 5.41) is 9.65. The number of nitrogens with zero attached hydrogens (tertiary/aromatic N) is 2. The smallest absolute Gasteiger partial charge is 0.348 e. The lowest BCUT2D eigenvalue weighted by Crippen LogP contribution is -3.14. The number of carbonyl (C=O) groups is 1. The molecular formula is C18H26N3O6S+. The Morgan fingerprint density at radius 3 is 2.61 bits per heavy atom. The minimum atomic E-state index is -0.493. The number of morpholine rings is 1. The van der Waals surface area contributed by atoms with E-state index in [-0.39, 0.29) is 19.8 Å². The Morgan fingerprint density at radius 1 is 1.25 bits per heavy atom. The van der Waals surface area contributed by atoms with E-state index in [2.05, 4.69) is 0 Å². The van der Waals surface area contributed by atoms with Crippen LogP contribution in [0.4, 0.5) is 0 Å². The van der Waals surface area contributed by atoms with Gasteiger partial charge in [0.2, 0.25) is 0 Å². The highest BCUT2D eigenvalue weighted by Gasteiger charge is 2.24. The number of hydrogen-bond acceptors (Lipinski definition) is 7. The van der Waals surface area contributed by atoms with Gasteiger partial charge in [0.05, 0.1) is 51.4 Å². The van der Waals surface area contributed by atoms with Crippen LogP contribution in [0.5, 0.6) is 0 Å². The summed E-state index contributed by atoms with van der Waals surface area (Å²) >= 11 is 1.12. The molecule has 10 heteroatoms. The Bertz CT molecular complexity index is 970. The van der Waals surface area contributed by atoms with Crippen molar-refractivity contribution in [3.8, 4) is 0 Å². The zero-order valence-corrected chi connectivity index (χ0v) is 17.0. The Hall–Kier alpha value is -2.01. The highest BCUT2D eigenvalue weighted by atomic mass is 32.1. The van der Waals surface area contributed by atoms with E-state index in [1.165, 1.54) is 4.90 Å². The number of nitrogens with one attached hydrogen (secondary N) is 1. The van der Waals surface area contributed by atoms with Crippen LogP contribution in [0.3, 0.4) is 0 Å². The molecule has 1 aliphatic heterocycles. The molecule has 2 aromatic heterocycles. The van der Waals surface area contributed by atoms with Gasteiger partial charge in [0.1, 0.15) is 22.8 Å². The lowest BCUT2D eigenvalue weighted by atomic mass is 10.2. The van der Waals surface area contributed by atoms with Crippen LogP contribution >= 0.6 is 11.3 Å². The van der Waals surface area contributed by atoms with Crippen LogP contribution in [-0.4, -0.2) is 66.3 Å². The van der Waals surface area contributed by atoms with Gasteiger partial charge in [-0.3, -0.25) is 13.9 Å². The van der Waals surface area contributed by atoms with E-state index < -0.39 is 17.2 Å². The van der Waals surface area contributed by atoms with E-state index in [4.69, 9.17) is 9.47 Å². The number of esters is 1. The van der Waals surface area contributed by atoms with Gasteiger partial charge in [0.25, 0.3) is 5.56 Å². The molecular weight excluding hydrogens is 386 g/mol. The standard InChI is InChI=1S/C18H25N3O6S/c1-3-27-17(24)14-12(2)13-15(23)20(6-9-22)18(25)21(16(13)28-14)5-4-19-7-10-26-11-8-19/h22H,3-11H2,1-2H3/p+1. The SMILES string of the molecule is CCOC(=O)c1sc2c(c1C)c(=O)n(CCO)c(=O)n2CC[NH+]1CCOCC1. The van der Waals surface area contributed by atoms with Crippen LogP contribution in [0.25, 0.3) is 10.2 Å². The monoisotopic (exact) mass is 412 g/mol. The third-order valence-electron chi connectivity index (χ3n) is 4.97. The second-order valence-electron chi connectivity index (χ2n) is 6.68. The quantitative estimate of drug-likeness (QED) is 0.543. The van der Waals surface area contributed by atoms with Gasteiger partial charge in [-0.05, 0) is 19.4 Å². The summed E-state index contributed by atoms with van der Waals surface area (Å²) < 4.78 is 13.1. The van der Waals surface area contributed by atoms with Crippen molar-refractivity contribution in [2.75, 3.05) is 46.1 Å². The van der Waals surface area contributed by atoms with Gasteiger partial charge < -0.3 is 19.5 Å². The van der Waals surface area contributed by atoms with Gasteiger partial charge in [-0.2, -0.15) is 0 Å². The summed E-state index contributed by atoms with van der Waals surface area (Å²) in [5.74, 6) is -0.493. The first-order valence-electron chi connectivity index (χ1n) is 9.45. The van der Waals surface area contributed by atoms with Gasteiger partial charge >= 0.3 is 11.7 Å². The number of fused-ring (bicyclic) bond motifs is 1. The predicted molar refractivity (Wildman–Crippen MR) is 105 cm³/mol. The van der Waals surface area contributed by atoms with Crippen molar-refractivity contribution in [2.45, 2.75) is 26.9 Å². The van der Waals surface area contributed by atoms with E-state index >= 15 is 0 Å². The lowest BCUT2D eigenvalue weighted by Gasteiger charge is -2.24. The number of thiophene rings is 1. The highest BCUT2D eigenvalue weighted by molar-refractivity contribution is 7.20. The molecule has 154 valence electrons. The largest absolute Gasteiger partial charge is 0.462 e. The van der Waals surface area contributed by atoms with Crippen molar-refractivity contribution in [3.05, 3.63) is 31.3 Å². The van der Waals surface area contributed by atoms with Gasteiger partial charge in [-0.1, -0.05) is 0 Å². The van der Waals surface area contributed by atoms with Crippen molar-refractivity contribution in [1.82, 2.24) is 9.13 Å². The number of quaternary nitrogens is 1. The molecule has 0 aliphatic carbocycles. The maximum atomic E-state index is 13.0. The molecule has 9 nitrogen and oxygen atoms in total. The van der Waals surface area contributed by atoms with E-state index in [1.54, 1.807) is 18.4 Å². The molecule has 0 aromatic carbocycles. The van der Waals surface area contributed by atoms with Gasteiger partial charge in [0, 0.05) is 0 Å². The predicted octanol–water partition coefficient (Wildman–Crippen LogP) is -1.38. The molecule has 2 N–H and O–H groups in total. The Morgan fingerprint density at radius 2 is 1.96 bits per heavy atom. The Labute approximate surface area is 165 Å². The summed E-state index contributed by atoms with van der Waals surface area (Å²) in [5.41, 5.74) is -0.424. The average Bonchev–Trinajstić information content (AvgIpc) is 3.03. The molecule has 1 fully saturated rings. The molecule has 3 rings (SSSR count). The molecule has 0 spiro atoms. The maximum absolute atomic E-state index is 13.0. The molecule has 0 unspecified atom stereocenters. The highest BCUT2D eigenvalue weighted by Crippen LogP contribution is 2.28. The number of rotatable bonds is 7. The first kappa shape index (κ1) is 20.7. The van der Waals surface area contributed by atoms with E-state index in [0.29, 0.717) is 47.0 Å². The number of ether oxygens (including phenoxy) is 2. The van der Waals surface area contributed by atoms with Gasteiger partial charge in [0.15, 0.2) is 0 Å². The Kier molecular flexibility index (Phi) is 6.65. The summed E-state index contributed by atoms with van der Waals surface area (Å²) in [4.78, 5) is 40.3. The summed E-state index contributed by atoms with van der Waals surface area (Å²) in [6.45, 7) is 7.48. The molecule has 1 saturated heterocycles. The molecule has 0 amide bonds. The van der Waals surface area contributed by atoms with E-state index in [1.807, 2.05) is 0 Å². The second kappa shape index (κ2) is 8.99. The normalized spacial score (nSPS) is 15.2. The number of aromatic nitrogens is 2. The first-order chi connectivity index (χ1) is 13.5. The fourth-order valence-electron chi connectivity index (χ4n) is 3.46. The fourth-order valence-corrected chi connectivity index (χ4v) is 4.67. The molecule has 0 bridgehead atoms. The minimum Gasteiger partial charge on any atom is -0.462 e. The number of aryl methyl sites for hydroxylation is 1. The number of hydrogen-bond donors (Lipinski definition) is 2. The second-order valence-corrected chi connectivity index (χ2v) is 7.68. The molecule has 0 radical (unpaired) electrons. The molecule has 0 atom stereocenters. The molecule has 1 aliphatic rings. The van der Waals surface area contributed by atoms with E-state index in [0.717, 1.165) is 29.0 Å². The van der Waals surface area contributed by atoms with Crippen molar-refractivity contribution in [2.24, 2.45) is 0 Å². The van der Waals surface area contributed by atoms with Crippen LogP contribution < -0.4 is 16.1 Å². The average molecular weight is 412 g/mol. The van der Waals surface area contributed by atoms with Crippen molar-refractivity contribution < 1.29 is 24.3 Å². The van der Waals surface area contributed by atoms with Crippen LogP contribution in [0.1, 0.15) is 22.2 Å². The van der Waals surface area contributed by atoms with Gasteiger partial charge in [-0.15, -0.1) is 11.3 Å². The third kappa shape index (κ3) is 3.90. The first-order valence-corrected chi connectivity index (χ1v) is 10.3. The zero-order valence-electron chi connectivity index (χ0n) is 16.2. The fraction of sp³-hybridized carbons (Fsp3) is 0.611. The zero-order chi connectivity index (χ0) is 20.3. The minimum absolute atomic E-state index is 0.0813. The van der Waals surface area contributed by atoms with Gasteiger partial charge in [-0.25, -0.2) is 9.59 Å². The van der Waals surface area contributed by atoms with Crippen molar-refractivity contribution in [3.63, 3.8) is 0 Å². The van der Waals surface area contributed by atoms with Crippen LogP contribution in [0, 0.1) is 6.92 Å². The van der Waals surface area contributed by atoms with Crippen molar-refractivity contribution >= 4 is 27.5 Å². The topological polar surface area (TPSA) is 104 Å². The summed E-state index contributed by atoms with van der Waals surface area (Å²) in [6.07, 6.45) is 0. The van der Waals surface area contributed by atoms with E-state index in [9.17, 15) is 19.5 Å². The van der Waals surface area contributed by atoms with Crippen molar-refractivity contribution in [1.29, 1.82) is 0 Å². The molecule has 3 heterocycles. The Balaban J connectivity index is 2.11. The number of aliphatic hydroxyl groups is 1.